The molecule has 0 unspecified atom stereocenters. The predicted molar refractivity (Wildman–Crippen MR) is 91.4 cm³/mol. The van der Waals surface area contributed by atoms with E-state index in [0.717, 1.165) is 21.6 Å². The highest BCUT2D eigenvalue weighted by molar-refractivity contribution is 9.28. The van der Waals surface area contributed by atoms with Crippen molar-refractivity contribution in [1.82, 2.24) is 0 Å². The summed E-state index contributed by atoms with van der Waals surface area (Å²) in [7, 11) is 0. The average molecular weight is 495 g/mol. The summed E-state index contributed by atoms with van der Waals surface area (Å²) in [6.07, 6.45) is 3.55. The lowest BCUT2D eigenvalue weighted by molar-refractivity contribution is 0.292. The topological polar surface area (TPSA) is 18.5 Å². The fourth-order valence-electron chi connectivity index (χ4n) is 1.33. The predicted octanol–water partition coefficient (Wildman–Crippen LogP) is 6.04. The number of benzene rings is 1. The molecule has 0 N–H and O–H groups in total. The lowest BCUT2D eigenvalue weighted by Crippen LogP contribution is -2.01. The highest BCUT2D eigenvalue weighted by atomic mass is 79.9. The SMILES string of the molecule is Fc1cc(OCC=C(Br)Br)cc(Cl)c1OCCCCBr. The Kier molecular flexibility index (Phi) is 9.16. The minimum absolute atomic E-state index is 0.0748. The molecule has 0 aliphatic heterocycles. The van der Waals surface area contributed by atoms with Crippen LogP contribution in [0, 0.1) is 5.82 Å². The number of halogens is 5. The molecule has 0 atom stereocenters. The molecule has 2 nitrogen and oxygen atoms in total. The summed E-state index contributed by atoms with van der Waals surface area (Å²) in [5.41, 5.74) is 0. The Morgan fingerprint density at radius 2 is 2.00 bits per heavy atom. The molecule has 0 aliphatic rings. The fraction of sp³-hybridized carbons (Fsp3) is 0.385. The van der Waals surface area contributed by atoms with Gasteiger partial charge in [0, 0.05) is 17.5 Å². The summed E-state index contributed by atoms with van der Waals surface area (Å²) in [6.45, 7) is 0.731. The van der Waals surface area contributed by atoms with Crippen molar-refractivity contribution < 1.29 is 13.9 Å². The highest BCUT2D eigenvalue weighted by Gasteiger charge is 2.11. The van der Waals surface area contributed by atoms with Crippen molar-refractivity contribution in [3.8, 4) is 11.5 Å². The van der Waals surface area contributed by atoms with Gasteiger partial charge in [0.2, 0.25) is 0 Å². The smallest absolute Gasteiger partial charge is 0.173 e. The van der Waals surface area contributed by atoms with Gasteiger partial charge in [-0.25, -0.2) is 4.39 Å². The Balaban J connectivity index is 2.63. The van der Waals surface area contributed by atoms with Crippen LogP contribution in [0.25, 0.3) is 0 Å². The number of rotatable bonds is 8. The van der Waals surface area contributed by atoms with Crippen molar-refractivity contribution >= 4 is 59.4 Å². The minimum Gasteiger partial charge on any atom is -0.489 e. The van der Waals surface area contributed by atoms with E-state index in [1.165, 1.54) is 6.07 Å². The van der Waals surface area contributed by atoms with Crippen molar-refractivity contribution in [2.45, 2.75) is 12.8 Å². The fourth-order valence-corrected chi connectivity index (χ4v) is 2.24. The average Bonchev–Trinajstić information content (AvgIpc) is 2.36. The largest absolute Gasteiger partial charge is 0.489 e. The van der Waals surface area contributed by atoms with E-state index in [-0.39, 0.29) is 10.8 Å². The van der Waals surface area contributed by atoms with Crippen LogP contribution in [0.5, 0.6) is 11.5 Å². The van der Waals surface area contributed by atoms with Crippen LogP contribution in [0.1, 0.15) is 12.8 Å². The zero-order chi connectivity index (χ0) is 15.0. The highest BCUT2D eigenvalue weighted by Crippen LogP contribution is 2.32. The Labute approximate surface area is 148 Å². The molecule has 112 valence electrons. The molecule has 0 bridgehead atoms. The molecule has 0 amide bonds. The minimum atomic E-state index is -0.520. The monoisotopic (exact) mass is 492 g/mol. The third kappa shape index (κ3) is 6.78. The van der Waals surface area contributed by atoms with Gasteiger partial charge in [0.15, 0.2) is 11.6 Å². The maximum Gasteiger partial charge on any atom is 0.173 e. The molecule has 1 aromatic rings. The molecule has 0 fully saturated rings. The van der Waals surface area contributed by atoms with E-state index in [0.29, 0.717) is 19.0 Å². The molecule has 0 saturated carbocycles. The van der Waals surface area contributed by atoms with Gasteiger partial charge in [0.25, 0.3) is 0 Å². The molecule has 0 aromatic heterocycles. The normalized spacial score (nSPS) is 10.2. The van der Waals surface area contributed by atoms with E-state index >= 15 is 0 Å². The van der Waals surface area contributed by atoms with E-state index in [9.17, 15) is 4.39 Å². The second-order valence-electron chi connectivity index (χ2n) is 3.77. The first-order valence-corrected chi connectivity index (χ1v) is 8.95. The maximum atomic E-state index is 13.9. The van der Waals surface area contributed by atoms with Crippen molar-refractivity contribution in [2.24, 2.45) is 0 Å². The third-order valence-corrected chi connectivity index (χ3v) is 3.72. The van der Waals surface area contributed by atoms with Gasteiger partial charge >= 0.3 is 0 Å². The standard InChI is InChI=1S/C13H13Br3ClFO2/c14-4-1-2-5-20-13-10(17)7-9(8-11(13)18)19-6-3-12(15)16/h3,7-8H,1-2,4-6H2. The second-order valence-corrected chi connectivity index (χ2v) is 7.74. The van der Waals surface area contributed by atoms with Crippen LogP contribution in [0.3, 0.4) is 0 Å². The van der Waals surface area contributed by atoms with Gasteiger partial charge in [0.05, 0.1) is 15.0 Å². The Bertz CT molecular complexity index is 442. The molecular formula is C13H13Br3ClFO2. The first-order chi connectivity index (χ1) is 9.54. The summed E-state index contributed by atoms with van der Waals surface area (Å²) in [5, 5.41) is 1.11. The second kappa shape index (κ2) is 10.0. The van der Waals surface area contributed by atoms with E-state index in [2.05, 4.69) is 47.8 Å². The number of alkyl halides is 1. The van der Waals surface area contributed by atoms with E-state index in [4.69, 9.17) is 21.1 Å². The molecule has 1 aromatic carbocycles. The lowest BCUT2D eigenvalue weighted by Gasteiger charge is -2.11. The maximum absolute atomic E-state index is 13.9. The molecule has 20 heavy (non-hydrogen) atoms. The molecule has 1 rings (SSSR count). The molecule has 0 spiro atoms. The summed E-state index contributed by atoms with van der Waals surface area (Å²) in [6, 6.07) is 2.81. The van der Waals surface area contributed by atoms with Crippen LogP contribution in [0.15, 0.2) is 21.6 Å². The number of hydrogen-bond acceptors (Lipinski definition) is 2. The van der Waals surface area contributed by atoms with Crippen molar-refractivity contribution in [3.05, 3.63) is 32.4 Å². The van der Waals surface area contributed by atoms with Crippen LogP contribution in [-0.4, -0.2) is 18.5 Å². The zero-order valence-electron chi connectivity index (χ0n) is 10.5. The van der Waals surface area contributed by atoms with Gasteiger partial charge in [-0.05, 0) is 50.8 Å². The van der Waals surface area contributed by atoms with Gasteiger partial charge in [-0.15, -0.1) is 0 Å². The number of unbranched alkanes of at least 4 members (excludes halogenated alkanes) is 1. The van der Waals surface area contributed by atoms with Crippen molar-refractivity contribution in [1.29, 1.82) is 0 Å². The molecule has 0 radical (unpaired) electrons. The molecular weight excluding hydrogens is 482 g/mol. The third-order valence-electron chi connectivity index (χ3n) is 2.23. The summed E-state index contributed by atoms with van der Waals surface area (Å²) in [5.74, 6) is -0.0863. The molecule has 0 aliphatic carbocycles. The van der Waals surface area contributed by atoms with Gasteiger partial charge in [-0.1, -0.05) is 27.5 Å². The molecule has 7 heteroatoms. The number of ether oxygens (including phenoxy) is 2. The van der Waals surface area contributed by atoms with Crippen molar-refractivity contribution in [2.75, 3.05) is 18.5 Å². The van der Waals surface area contributed by atoms with Crippen LogP contribution >= 0.6 is 59.4 Å². The molecule has 0 saturated heterocycles. The lowest BCUT2D eigenvalue weighted by atomic mass is 10.3. The van der Waals surface area contributed by atoms with E-state index in [1.54, 1.807) is 12.1 Å². The van der Waals surface area contributed by atoms with Gasteiger partial charge in [0.1, 0.15) is 12.4 Å². The van der Waals surface area contributed by atoms with Gasteiger partial charge in [-0.2, -0.15) is 0 Å². The Morgan fingerprint density at radius 1 is 1.25 bits per heavy atom. The first-order valence-electron chi connectivity index (χ1n) is 5.86. The van der Waals surface area contributed by atoms with E-state index in [1.807, 2.05) is 0 Å². The molecule has 0 heterocycles. The summed E-state index contributed by atoms with van der Waals surface area (Å²) >= 11 is 15.7. The number of hydrogen-bond donors (Lipinski definition) is 0. The Morgan fingerprint density at radius 3 is 2.60 bits per heavy atom. The summed E-state index contributed by atoms with van der Waals surface area (Å²) < 4.78 is 25.4. The van der Waals surface area contributed by atoms with Gasteiger partial charge in [-0.3, -0.25) is 0 Å². The zero-order valence-corrected chi connectivity index (χ0v) is 16.0. The first kappa shape index (κ1) is 18.3. The van der Waals surface area contributed by atoms with Gasteiger partial charge < -0.3 is 9.47 Å². The Hall–Kier alpha value is 0.220. The van der Waals surface area contributed by atoms with Crippen LogP contribution < -0.4 is 9.47 Å². The van der Waals surface area contributed by atoms with Crippen LogP contribution in [0.4, 0.5) is 4.39 Å². The van der Waals surface area contributed by atoms with E-state index < -0.39 is 5.82 Å². The van der Waals surface area contributed by atoms with Crippen LogP contribution in [-0.2, 0) is 0 Å². The van der Waals surface area contributed by atoms with Crippen LogP contribution in [0.2, 0.25) is 5.02 Å². The summed E-state index contributed by atoms with van der Waals surface area (Å²) in [4.78, 5) is 0. The van der Waals surface area contributed by atoms with Crippen molar-refractivity contribution in [3.63, 3.8) is 0 Å². The quantitative estimate of drug-likeness (QED) is 0.323.